The van der Waals surface area contributed by atoms with Crippen LogP contribution in [0.4, 0.5) is 4.79 Å². The van der Waals surface area contributed by atoms with Crippen molar-refractivity contribution >= 4 is 12.4 Å². The molecule has 1 saturated heterocycles. The molecule has 1 fully saturated rings. The molecule has 21 heavy (non-hydrogen) atoms. The van der Waals surface area contributed by atoms with Crippen LogP contribution in [-0.2, 0) is 14.9 Å². The first-order valence-corrected chi connectivity index (χ1v) is 7.43. The van der Waals surface area contributed by atoms with Crippen molar-refractivity contribution in [2.75, 3.05) is 13.2 Å². The van der Waals surface area contributed by atoms with Crippen LogP contribution >= 0.6 is 0 Å². The molecule has 1 aliphatic rings. The summed E-state index contributed by atoms with van der Waals surface area (Å²) in [7, 11) is 0. The zero-order valence-electron chi connectivity index (χ0n) is 12.9. The molecule has 1 aromatic rings. The fraction of sp³-hybridized carbons (Fsp3) is 0.529. The molecule has 1 aliphatic heterocycles. The highest BCUT2D eigenvalue weighted by atomic mass is 16.6. The first-order chi connectivity index (χ1) is 9.98. The van der Waals surface area contributed by atoms with Gasteiger partial charge >= 0.3 is 6.09 Å². The average Bonchev–Trinajstić information content (AvgIpc) is 2.87. The minimum absolute atomic E-state index is 0.101. The lowest BCUT2D eigenvalue weighted by Crippen LogP contribution is -2.40. The van der Waals surface area contributed by atoms with Gasteiger partial charge in [0.15, 0.2) is 0 Å². The van der Waals surface area contributed by atoms with Gasteiger partial charge in [0.2, 0.25) is 0 Å². The third-order valence-electron chi connectivity index (χ3n) is 4.35. The fourth-order valence-corrected chi connectivity index (χ4v) is 2.72. The van der Waals surface area contributed by atoms with E-state index in [4.69, 9.17) is 4.74 Å². The van der Waals surface area contributed by atoms with Crippen molar-refractivity contribution in [3.05, 3.63) is 35.9 Å². The number of nitrogens with zero attached hydrogens (tertiary/aromatic N) is 1. The smallest absolute Gasteiger partial charge is 0.410 e. The molecule has 1 aromatic carbocycles. The van der Waals surface area contributed by atoms with Gasteiger partial charge < -0.3 is 14.4 Å². The summed E-state index contributed by atoms with van der Waals surface area (Å²) in [5.74, 6) is 0.343. The average molecular weight is 289 g/mol. The highest BCUT2D eigenvalue weighted by molar-refractivity contribution is 5.71. The van der Waals surface area contributed by atoms with Crippen LogP contribution in [0.2, 0.25) is 0 Å². The quantitative estimate of drug-likeness (QED) is 0.756. The summed E-state index contributed by atoms with van der Waals surface area (Å²) in [6.45, 7) is 7.05. The summed E-state index contributed by atoms with van der Waals surface area (Å²) in [6, 6.07) is 9.80. The van der Waals surface area contributed by atoms with E-state index in [0.29, 0.717) is 25.5 Å². The van der Waals surface area contributed by atoms with Crippen molar-refractivity contribution < 1.29 is 14.3 Å². The van der Waals surface area contributed by atoms with Gasteiger partial charge in [0.1, 0.15) is 12.9 Å². The predicted octanol–water partition coefficient (Wildman–Crippen LogP) is 3.01. The number of hydrogen-bond donors (Lipinski definition) is 0. The van der Waals surface area contributed by atoms with Crippen molar-refractivity contribution in [1.29, 1.82) is 0 Å². The number of carbonyl (C=O) groups is 2. The van der Waals surface area contributed by atoms with Crippen LogP contribution in [0.3, 0.4) is 0 Å². The summed E-state index contributed by atoms with van der Waals surface area (Å²) < 4.78 is 5.14. The van der Waals surface area contributed by atoms with Crippen LogP contribution in [0.1, 0.15) is 32.8 Å². The zero-order valence-corrected chi connectivity index (χ0v) is 12.9. The van der Waals surface area contributed by atoms with Crippen LogP contribution in [0.25, 0.3) is 0 Å². The molecule has 1 amide bonds. The Bertz CT molecular complexity index is 500. The van der Waals surface area contributed by atoms with Gasteiger partial charge in [0.05, 0.1) is 6.04 Å². The van der Waals surface area contributed by atoms with Crippen LogP contribution < -0.4 is 0 Å². The summed E-state index contributed by atoms with van der Waals surface area (Å²) in [6.07, 6.45) is 1.31. The van der Waals surface area contributed by atoms with E-state index in [2.05, 4.69) is 13.8 Å². The van der Waals surface area contributed by atoms with Gasteiger partial charge in [-0.3, -0.25) is 0 Å². The molecule has 4 nitrogen and oxygen atoms in total. The summed E-state index contributed by atoms with van der Waals surface area (Å²) in [5, 5.41) is 0. The van der Waals surface area contributed by atoms with Gasteiger partial charge in [-0.2, -0.15) is 0 Å². The van der Waals surface area contributed by atoms with Gasteiger partial charge in [-0.1, -0.05) is 44.2 Å². The second-order valence-corrected chi connectivity index (χ2v) is 6.23. The molecule has 0 spiro atoms. The molecule has 2 atom stereocenters. The van der Waals surface area contributed by atoms with Crippen molar-refractivity contribution in [1.82, 2.24) is 4.90 Å². The number of amides is 1. The van der Waals surface area contributed by atoms with E-state index in [1.165, 1.54) is 0 Å². The largest absolute Gasteiger partial charge is 0.447 e. The molecule has 1 heterocycles. The molecule has 114 valence electrons. The standard InChI is InChI=1S/C17H23NO3/c1-13(2)15-11-21-16(20)18(15)10-9-17(3,12-19)14-7-5-4-6-8-14/h4-8,12-13,15H,9-11H2,1-3H3/t15-,17?/m1/s1. The van der Waals surface area contributed by atoms with Gasteiger partial charge in [0.25, 0.3) is 0 Å². The number of aldehydes is 1. The molecule has 0 aliphatic carbocycles. The Balaban J connectivity index is 2.09. The van der Waals surface area contributed by atoms with Gasteiger partial charge in [0, 0.05) is 12.0 Å². The summed E-state index contributed by atoms with van der Waals surface area (Å²) in [4.78, 5) is 25.2. The van der Waals surface area contributed by atoms with E-state index < -0.39 is 5.41 Å². The lowest BCUT2D eigenvalue weighted by atomic mass is 9.80. The molecule has 4 heteroatoms. The number of hydrogen-bond acceptors (Lipinski definition) is 3. The van der Waals surface area contributed by atoms with Crippen molar-refractivity contribution in [3.8, 4) is 0 Å². The monoisotopic (exact) mass is 289 g/mol. The number of ether oxygens (including phenoxy) is 1. The molecule has 0 N–H and O–H groups in total. The van der Waals surface area contributed by atoms with Crippen molar-refractivity contribution in [2.24, 2.45) is 5.92 Å². The van der Waals surface area contributed by atoms with Crippen LogP contribution in [-0.4, -0.2) is 36.5 Å². The Kier molecular flexibility index (Phi) is 4.66. The summed E-state index contributed by atoms with van der Waals surface area (Å²) >= 11 is 0. The lowest BCUT2D eigenvalue weighted by molar-refractivity contribution is -0.112. The molecule has 1 unspecified atom stereocenters. The maximum Gasteiger partial charge on any atom is 0.410 e. The highest BCUT2D eigenvalue weighted by Gasteiger charge is 2.36. The first-order valence-electron chi connectivity index (χ1n) is 7.43. The third kappa shape index (κ3) is 3.26. The minimum atomic E-state index is -0.578. The second-order valence-electron chi connectivity index (χ2n) is 6.23. The number of cyclic esters (lactones) is 1. The van der Waals surface area contributed by atoms with E-state index in [0.717, 1.165) is 11.8 Å². The Hall–Kier alpha value is -1.84. The highest BCUT2D eigenvalue weighted by Crippen LogP contribution is 2.28. The molecule has 0 saturated carbocycles. The van der Waals surface area contributed by atoms with Gasteiger partial charge in [-0.05, 0) is 24.8 Å². The Labute approximate surface area is 126 Å². The fourth-order valence-electron chi connectivity index (χ4n) is 2.72. The maximum absolute atomic E-state index is 11.8. The Morgan fingerprint density at radius 2 is 2.05 bits per heavy atom. The second kappa shape index (κ2) is 6.29. The molecule has 2 rings (SSSR count). The van der Waals surface area contributed by atoms with E-state index >= 15 is 0 Å². The number of carbonyl (C=O) groups excluding carboxylic acids is 2. The predicted molar refractivity (Wildman–Crippen MR) is 81.2 cm³/mol. The van der Waals surface area contributed by atoms with E-state index in [9.17, 15) is 9.59 Å². The molecule has 0 aromatic heterocycles. The zero-order chi connectivity index (χ0) is 15.5. The van der Waals surface area contributed by atoms with Crippen LogP contribution in [0, 0.1) is 5.92 Å². The van der Waals surface area contributed by atoms with Crippen molar-refractivity contribution in [3.63, 3.8) is 0 Å². The topological polar surface area (TPSA) is 46.6 Å². The third-order valence-corrected chi connectivity index (χ3v) is 4.35. The number of rotatable bonds is 6. The van der Waals surface area contributed by atoms with E-state index in [-0.39, 0.29) is 12.1 Å². The van der Waals surface area contributed by atoms with Crippen LogP contribution in [0.5, 0.6) is 0 Å². The van der Waals surface area contributed by atoms with E-state index in [1.807, 2.05) is 37.3 Å². The first kappa shape index (κ1) is 15.5. The molecule has 0 radical (unpaired) electrons. The number of benzene rings is 1. The Morgan fingerprint density at radius 1 is 1.38 bits per heavy atom. The molecule has 0 bridgehead atoms. The maximum atomic E-state index is 11.8. The molecular weight excluding hydrogens is 266 g/mol. The Morgan fingerprint density at radius 3 is 2.62 bits per heavy atom. The molecular formula is C17H23NO3. The van der Waals surface area contributed by atoms with Crippen LogP contribution in [0.15, 0.2) is 30.3 Å². The van der Waals surface area contributed by atoms with E-state index in [1.54, 1.807) is 4.90 Å². The van der Waals surface area contributed by atoms with Gasteiger partial charge in [-0.15, -0.1) is 0 Å². The minimum Gasteiger partial charge on any atom is -0.447 e. The normalized spacial score (nSPS) is 21.2. The lowest BCUT2D eigenvalue weighted by Gasteiger charge is -2.29. The van der Waals surface area contributed by atoms with Gasteiger partial charge in [-0.25, -0.2) is 4.79 Å². The van der Waals surface area contributed by atoms with Crippen molar-refractivity contribution in [2.45, 2.75) is 38.6 Å². The summed E-state index contributed by atoms with van der Waals surface area (Å²) in [5.41, 5.74) is 0.403. The SMILES string of the molecule is CC(C)[C@H]1COC(=O)N1CCC(C)(C=O)c1ccccc1.